The summed E-state index contributed by atoms with van der Waals surface area (Å²) in [5.41, 5.74) is 7.00. The monoisotopic (exact) mass is 207 g/mol. The SMILES string of the molecule is CC(C)Oc1ccccc1CC[C@H](C)N. The van der Waals surface area contributed by atoms with Gasteiger partial charge < -0.3 is 10.5 Å². The zero-order valence-electron chi connectivity index (χ0n) is 9.86. The van der Waals surface area contributed by atoms with E-state index >= 15 is 0 Å². The van der Waals surface area contributed by atoms with Crippen LogP contribution in [0.15, 0.2) is 24.3 Å². The van der Waals surface area contributed by atoms with E-state index in [-0.39, 0.29) is 12.1 Å². The minimum atomic E-state index is 0.224. The lowest BCUT2D eigenvalue weighted by Crippen LogP contribution is -2.16. The summed E-state index contributed by atoms with van der Waals surface area (Å²) in [6.07, 6.45) is 2.21. The fourth-order valence-corrected chi connectivity index (χ4v) is 1.46. The normalized spacial score (nSPS) is 12.9. The maximum Gasteiger partial charge on any atom is 0.122 e. The van der Waals surface area contributed by atoms with E-state index in [0.717, 1.165) is 18.6 Å². The summed E-state index contributed by atoms with van der Waals surface area (Å²) < 4.78 is 5.74. The average molecular weight is 207 g/mol. The second-order valence-corrected chi connectivity index (χ2v) is 4.29. The third-order valence-corrected chi connectivity index (χ3v) is 2.20. The summed E-state index contributed by atoms with van der Waals surface area (Å²) in [7, 11) is 0. The molecule has 0 aliphatic carbocycles. The molecule has 0 aliphatic rings. The molecule has 0 aliphatic heterocycles. The van der Waals surface area contributed by atoms with Crippen LogP contribution in [0.5, 0.6) is 5.75 Å². The van der Waals surface area contributed by atoms with Gasteiger partial charge >= 0.3 is 0 Å². The molecule has 0 amide bonds. The minimum absolute atomic E-state index is 0.224. The first-order valence-corrected chi connectivity index (χ1v) is 5.59. The zero-order valence-corrected chi connectivity index (χ0v) is 9.86. The highest BCUT2D eigenvalue weighted by molar-refractivity contribution is 5.33. The van der Waals surface area contributed by atoms with Crippen LogP contribution in [0.25, 0.3) is 0 Å². The van der Waals surface area contributed by atoms with E-state index in [9.17, 15) is 0 Å². The third-order valence-electron chi connectivity index (χ3n) is 2.20. The predicted octanol–water partition coefficient (Wildman–Crippen LogP) is 2.75. The fourth-order valence-electron chi connectivity index (χ4n) is 1.46. The van der Waals surface area contributed by atoms with Crippen molar-refractivity contribution in [3.05, 3.63) is 29.8 Å². The van der Waals surface area contributed by atoms with Crippen LogP contribution in [0.1, 0.15) is 32.8 Å². The van der Waals surface area contributed by atoms with Crippen molar-refractivity contribution in [3.63, 3.8) is 0 Å². The van der Waals surface area contributed by atoms with Gasteiger partial charge in [-0.05, 0) is 45.2 Å². The summed E-state index contributed by atoms with van der Waals surface area (Å²) >= 11 is 0. The number of rotatable bonds is 5. The van der Waals surface area contributed by atoms with Gasteiger partial charge in [0.2, 0.25) is 0 Å². The molecular weight excluding hydrogens is 186 g/mol. The van der Waals surface area contributed by atoms with Crippen molar-refractivity contribution in [2.24, 2.45) is 5.73 Å². The first-order valence-electron chi connectivity index (χ1n) is 5.59. The van der Waals surface area contributed by atoms with Gasteiger partial charge in [0.25, 0.3) is 0 Å². The lowest BCUT2D eigenvalue weighted by Gasteiger charge is -2.14. The quantitative estimate of drug-likeness (QED) is 0.805. The van der Waals surface area contributed by atoms with E-state index in [1.165, 1.54) is 5.56 Å². The Kier molecular flexibility index (Phi) is 4.63. The first kappa shape index (κ1) is 12.1. The zero-order chi connectivity index (χ0) is 11.3. The largest absolute Gasteiger partial charge is 0.491 e. The standard InChI is InChI=1S/C13H21NO/c1-10(2)15-13-7-5-4-6-12(13)9-8-11(3)14/h4-7,10-11H,8-9,14H2,1-3H3/t11-/m0/s1. The molecule has 1 aromatic rings. The van der Waals surface area contributed by atoms with E-state index < -0.39 is 0 Å². The highest BCUT2D eigenvalue weighted by Crippen LogP contribution is 2.21. The van der Waals surface area contributed by atoms with Crippen LogP contribution in [0, 0.1) is 0 Å². The molecule has 0 fully saturated rings. The molecule has 15 heavy (non-hydrogen) atoms. The van der Waals surface area contributed by atoms with Gasteiger partial charge in [-0.3, -0.25) is 0 Å². The van der Waals surface area contributed by atoms with Gasteiger partial charge in [0, 0.05) is 6.04 Å². The number of nitrogens with two attached hydrogens (primary N) is 1. The van der Waals surface area contributed by atoms with Gasteiger partial charge in [0.15, 0.2) is 0 Å². The van der Waals surface area contributed by atoms with Gasteiger partial charge in [0.05, 0.1) is 6.10 Å². The molecule has 0 saturated heterocycles. The van der Waals surface area contributed by atoms with Crippen LogP contribution < -0.4 is 10.5 Å². The number of hydrogen-bond donors (Lipinski definition) is 1. The van der Waals surface area contributed by atoms with Crippen molar-refractivity contribution in [1.29, 1.82) is 0 Å². The first-order chi connectivity index (χ1) is 7.09. The topological polar surface area (TPSA) is 35.2 Å². The van der Waals surface area contributed by atoms with Crippen molar-refractivity contribution in [2.45, 2.75) is 45.8 Å². The molecule has 2 N–H and O–H groups in total. The molecule has 0 saturated carbocycles. The number of para-hydroxylation sites is 1. The molecule has 0 unspecified atom stereocenters. The van der Waals surface area contributed by atoms with E-state index in [2.05, 4.69) is 6.07 Å². The van der Waals surface area contributed by atoms with Crippen LogP contribution in [-0.4, -0.2) is 12.1 Å². The molecule has 1 aromatic carbocycles. The fraction of sp³-hybridized carbons (Fsp3) is 0.538. The van der Waals surface area contributed by atoms with E-state index in [1.54, 1.807) is 0 Å². The Morgan fingerprint density at radius 1 is 1.20 bits per heavy atom. The molecule has 0 bridgehead atoms. The summed E-state index contributed by atoms with van der Waals surface area (Å²) in [5.74, 6) is 0.994. The molecule has 84 valence electrons. The van der Waals surface area contributed by atoms with Crippen molar-refractivity contribution in [3.8, 4) is 5.75 Å². The Balaban J connectivity index is 2.68. The number of hydrogen-bond acceptors (Lipinski definition) is 2. The van der Waals surface area contributed by atoms with E-state index in [1.807, 2.05) is 39.0 Å². The maximum absolute atomic E-state index is 5.75. The number of benzene rings is 1. The van der Waals surface area contributed by atoms with Gasteiger partial charge in [-0.25, -0.2) is 0 Å². The Hall–Kier alpha value is -1.02. The molecule has 0 radical (unpaired) electrons. The van der Waals surface area contributed by atoms with Gasteiger partial charge in [-0.2, -0.15) is 0 Å². The summed E-state index contributed by atoms with van der Waals surface area (Å²) in [5, 5.41) is 0. The van der Waals surface area contributed by atoms with Crippen molar-refractivity contribution in [1.82, 2.24) is 0 Å². The predicted molar refractivity (Wildman–Crippen MR) is 64.2 cm³/mol. The van der Waals surface area contributed by atoms with Crippen molar-refractivity contribution in [2.75, 3.05) is 0 Å². The minimum Gasteiger partial charge on any atom is -0.491 e. The molecule has 0 heterocycles. The molecular formula is C13H21NO. The molecule has 2 nitrogen and oxygen atoms in total. The van der Waals surface area contributed by atoms with Crippen LogP contribution in [0.2, 0.25) is 0 Å². The smallest absolute Gasteiger partial charge is 0.122 e. The van der Waals surface area contributed by atoms with Crippen molar-refractivity contribution < 1.29 is 4.74 Å². The maximum atomic E-state index is 5.75. The Labute approximate surface area is 92.4 Å². The van der Waals surface area contributed by atoms with Gasteiger partial charge in [-0.1, -0.05) is 18.2 Å². The highest BCUT2D eigenvalue weighted by Gasteiger charge is 2.05. The second-order valence-electron chi connectivity index (χ2n) is 4.29. The van der Waals surface area contributed by atoms with Crippen molar-refractivity contribution >= 4 is 0 Å². The van der Waals surface area contributed by atoms with Crippen LogP contribution in [-0.2, 0) is 6.42 Å². The lowest BCUT2D eigenvalue weighted by molar-refractivity contribution is 0.239. The molecule has 1 rings (SSSR count). The van der Waals surface area contributed by atoms with E-state index in [4.69, 9.17) is 10.5 Å². The van der Waals surface area contributed by atoms with E-state index in [0.29, 0.717) is 0 Å². The van der Waals surface area contributed by atoms with Crippen LogP contribution >= 0.6 is 0 Å². The van der Waals surface area contributed by atoms with Gasteiger partial charge in [-0.15, -0.1) is 0 Å². The number of ether oxygens (including phenoxy) is 1. The third kappa shape index (κ3) is 4.34. The van der Waals surface area contributed by atoms with Gasteiger partial charge in [0.1, 0.15) is 5.75 Å². The second kappa shape index (κ2) is 5.76. The number of aryl methyl sites for hydroxylation is 1. The Morgan fingerprint density at radius 3 is 2.47 bits per heavy atom. The highest BCUT2D eigenvalue weighted by atomic mass is 16.5. The molecule has 1 atom stereocenters. The summed E-state index contributed by atoms with van der Waals surface area (Å²) in [4.78, 5) is 0. The molecule has 2 heteroatoms. The van der Waals surface area contributed by atoms with Crippen LogP contribution in [0.3, 0.4) is 0 Å². The molecule has 0 aromatic heterocycles. The van der Waals surface area contributed by atoms with Crippen LogP contribution in [0.4, 0.5) is 0 Å². The lowest BCUT2D eigenvalue weighted by atomic mass is 10.1. The Morgan fingerprint density at radius 2 is 1.87 bits per heavy atom. The Bertz CT molecular complexity index is 294. The average Bonchev–Trinajstić information content (AvgIpc) is 2.15. The molecule has 0 spiro atoms. The summed E-state index contributed by atoms with van der Waals surface area (Å²) in [6, 6.07) is 8.44. The summed E-state index contributed by atoms with van der Waals surface area (Å²) in [6.45, 7) is 6.12.